The Kier molecular flexibility index (Phi) is 5.68. The van der Waals surface area contributed by atoms with E-state index in [4.69, 9.17) is 11.6 Å². The lowest BCUT2D eigenvalue weighted by Crippen LogP contribution is -2.58. The van der Waals surface area contributed by atoms with Crippen LogP contribution >= 0.6 is 11.6 Å². The van der Waals surface area contributed by atoms with Gasteiger partial charge in [-0.2, -0.15) is 0 Å². The van der Waals surface area contributed by atoms with Crippen LogP contribution in [-0.4, -0.2) is 41.4 Å². The highest BCUT2D eigenvalue weighted by molar-refractivity contribution is 6.31. The monoisotopic (exact) mass is 584 g/mol. The number of fused-ring (bicyclic) bond motifs is 8. The molecule has 4 fully saturated rings. The number of anilines is 1. The lowest BCUT2D eigenvalue weighted by molar-refractivity contribution is -0.148. The molecular weight excluding hydrogens is 544 g/mol. The van der Waals surface area contributed by atoms with Gasteiger partial charge in [-0.3, -0.25) is 14.5 Å². The molecule has 8 rings (SSSR count). The van der Waals surface area contributed by atoms with Gasteiger partial charge in [-0.05, 0) is 92.9 Å². The van der Waals surface area contributed by atoms with Crippen LogP contribution < -0.4 is 5.32 Å². The van der Waals surface area contributed by atoms with Crippen LogP contribution in [0.3, 0.4) is 0 Å². The molecule has 2 aromatic rings. The minimum Gasteiger partial charge on any atom is -0.393 e. The van der Waals surface area contributed by atoms with Gasteiger partial charge >= 0.3 is 0 Å². The molecule has 3 saturated carbocycles. The van der Waals surface area contributed by atoms with E-state index in [1.165, 1.54) is 5.57 Å². The Balaban J connectivity index is 1.34. The summed E-state index contributed by atoms with van der Waals surface area (Å²) in [5, 5.41) is 14.4. The van der Waals surface area contributed by atoms with Gasteiger partial charge in [-0.1, -0.05) is 73.5 Å². The van der Waals surface area contributed by atoms with Gasteiger partial charge < -0.3 is 10.4 Å². The molecule has 9 atom stereocenters. The van der Waals surface area contributed by atoms with Gasteiger partial charge in [0.1, 0.15) is 11.3 Å². The Morgan fingerprint density at radius 1 is 0.976 bits per heavy atom. The molecule has 2 aromatic carbocycles. The Labute approximate surface area is 253 Å². The third kappa shape index (κ3) is 3.03. The second-order valence-electron chi connectivity index (χ2n) is 14.8. The number of benzene rings is 2. The summed E-state index contributed by atoms with van der Waals surface area (Å²) >= 11 is 6.94. The molecule has 0 aromatic heterocycles. The minimum atomic E-state index is -1.09. The third-order valence-corrected chi connectivity index (χ3v) is 13.7. The maximum Gasteiger partial charge on any atom is 0.250 e. The smallest absolute Gasteiger partial charge is 0.250 e. The molecular formula is C36H41ClN2O3. The van der Waals surface area contributed by atoms with E-state index < -0.39 is 16.4 Å². The molecule has 1 amide bonds. The summed E-state index contributed by atoms with van der Waals surface area (Å²) in [4.78, 5) is 32.3. The molecule has 6 heteroatoms. The highest BCUT2D eigenvalue weighted by Crippen LogP contribution is 2.75. The number of halogens is 1. The number of amides is 1. The summed E-state index contributed by atoms with van der Waals surface area (Å²) in [7, 11) is 2.03. The number of likely N-dealkylation sites (N-methyl/N-ethyl adjacent to an activating group) is 1. The molecule has 0 radical (unpaired) electrons. The van der Waals surface area contributed by atoms with Gasteiger partial charge in [0.15, 0.2) is 0 Å². The molecule has 220 valence electrons. The summed E-state index contributed by atoms with van der Waals surface area (Å²) < 4.78 is 0. The van der Waals surface area contributed by atoms with Crippen molar-refractivity contribution in [1.82, 2.24) is 4.90 Å². The Morgan fingerprint density at radius 2 is 1.71 bits per heavy atom. The SMILES string of the molecule is CN1C[C@@H](c2ccccc2Cl)[C@@]2(C[C@H]3[C@@H]4CC=C5C[C@@H](O)CC[C@]5(C)[C@H]4CC[C@]3(C)C2=O)[C@@]12C(=O)Nc1ccccc12. The van der Waals surface area contributed by atoms with Crippen molar-refractivity contribution in [3.8, 4) is 0 Å². The molecule has 4 aliphatic carbocycles. The number of carbonyl (C=O) groups is 2. The largest absolute Gasteiger partial charge is 0.393 e. The van der Waals surface area contributed by atoms with Crippen molar-refractivity contribution in [3.05, 3.63) is 76.3 Å². The minimum absolute atomic E-state index is 0.0753. The lowest BCUT2D eigenvalue weighted by Gasteiger charge is -2.56. The van der Waals surface area contributed by atoms with Crippen LogP contribution in [0, 0.1) is 34.0 Å². The van der Waals surface area contributed by atoms with E-state index in [0.717, 1.165) is 55.3 Å². The summed E-state index contributed by atoms with van der Waals surface area (Å²) in [6.45, 7) is 5.24. The van der Waals surface area contributed by atoms with Gasteiger partial charge in [0.25, 0.3) is 5.91 Å². The normalized spacial score (nSPS) is 44.0. The fraction of sp³-hybridized carbons (Fsp3) is 0.556. The zero-order valence-corrected chi connectivity index (χ0v) is 25.6. The Morgan fingerprint density at radius 3 is 2.52 bits per heavy atom. The number of hydrogen-bond donors (Lipinski definition) is 2. The number of likely N-dealkylation sites (tertiary alicyclic amines) is 1. The number of nitrogens with one attached hydrogen (secondary N) is 1. The number of para-hydroxylation sites is 1. The van der Waals surface area contributed by atoms with E-state index in [1.54, 1.807) is 0 Å². The summed E-state index contributed by atoms with van der Waals surface area (Å²) in [5.41, 5.74) is 1.70. The molecule has 2 heterocycles. The van der Waals surface area contributed by atoms with Crippen LogP contribution in [0.5, 0.6) is 0 Å². The van der Waals surface area contributed by atoms with Crippen LogP contribution in [0.15, 0.2) is 60.2 Å². The van der Waals surface area contributed by atoms with Gasteiger partial charge in [-0.15, -0.1) is 0 Å². The highest BCUT2D eigenvalue weighted by atomic mass is 35.5. The summed E-state index contributed by atoms with van der Waals surface area (Å²) in [6.07, 6.45) is 8.33. The zero-order valence-electron chi connectivity index (χ0n) is 24.8. The Hall–Kier alpha value is -2.47. The zero-order chi connectivity index (χ0) is 29.2. The highest BCUT2D eigenvalue weighted by Gasteiger charge is 2.80. The van der Waals surface area contributed by atoms with Crippen LogP contribution in [0.1, 0.15) is 75.8 Å². The maximum atomic E-state index is 15.6. The lowest BCUT2D eigenvalue weighted by atomic mass is 9.48. The van der Waals surface area contributed by atoms with E-state index in [1.807, 2.05) is 43.4 Å². The average Bonchev–Trinajstić information content (AvgIpc) is 3.51. The van der Waals surface area contributed by atoms with Crippen LogP contribution in [0.2, 0.25) is 5.02 Å². The molecule has 0 unspecified atom stereocenters. The van der Waals surface area contributed by atoms with E-state index in [9.17, 15) is 9.90 Å². The first-order valence-electron chi connectivity index (χ1n) is 15.9. The van der Waals surface area contributed by atoms with Crippen molar-refractivity contribution in [2.45, 2.75) is 76.4 Å². The number of carbonyl (C=O) groups excluding carboxylic acids is 2. The number of ketones is 1. The number of aliphatic hydroxyl groups is 1. The first-order chi connectivity index (χ1) is 20.1. The Bertz CT molecular complexity index is 1550. The van der Waals surface area contributed by atoms with Gasteiger partial charge in [0.05, 0.1) is 11.5 Å². The van der Waals surface area contributed by atoms with Gasteiger partial charge in [0.2, 0.25) is 0 Å². The first kappa shape index (κ1) is 27.1. The van der Waals surface area contributed by atoms with Crippen molar-refractivity contribution < 1.29 is 14.7 Å². The van der Waals surface area contributed by atoms with Crippen LogP contribution in [0.25, 0.3) is 0 Å². The van der Waals surface area contributed by atoms with E-state index >= 15 is 4.79 Å². The van der Waals surface area contributed by atoms with Crippen LogP contribution in [-0.2, 0) is 15.1 Å². The van der Waals surface area contributed by atoms with Crippen molar-refractivity contribution in [2.24, 2.45) is 34.0 Å². The average molecular weight is 585 g/mol. The molecule has 2 N–H and O–H groups in total. The molecule has 1 saturated heterocycles. The number of nitrogens with zero attached hydrogens (tertiary/aromatic N) is 1. The predicted molar refractivity (Wildman–Crippen MR) is 164 cm³/mol. The van der Waals surface area contributed by atoms with Crippen molar-refractivity contribution in [2.75, 3.05) is 18.9 Å². The number of Topliss-reactive ketones (excluding diaryl/α,β-unsaturated/α-hetero) is 1. The number of allylic oxidation sites excluding steroid dienone is 1. The third-order valence-electron chi connectivity index (χ3n) is 13.4. The van der Waals surface area contributed by atoms with Crippen molar-refractivity contribution in [1.29, 1.82) is 0 Å². The second kappa shape index (κ2) is 8.80. The molecule has 6 aliphatic rings. The number of aliphatic hydroxyl groups excluding tert-OH is 1. The second-order valence-corrected chi connectivity index (χ2v) is 15.2. The molecule has 5 nitrogen and oxygen atoms in total. The van der Waals surface area contributed by atoms with E-state index in [-0.39, 0.29) is 35.0 Å². The molecule has 2 aliphatic heterocycles. The maximum absolute atomic E-state index is 15.6. The standard InChI is InChI=1S/C36H41ClN2O3/c1-33-16-14-22(40)18-21(33)12-13-23-25(33)15-17-34(2)27(23)19-35(31(34)41)28(24-8-4-6-10-29(24)37)20-39(3)36(35)26-9-5-7-11-30(26)38-32(36)42/h4-12,22-23,25,27-28,40H,13-20H2,1-3H3,(H,38,42)/t22-,23+,25-,27-,28-,33-,34-,35+,36+/m0/s1. The van der Waals surface area contributed by atoms with Crippen LogP contribution in [0.4, 0.5) is 5.69 Å². The summed E-state index contributed by atoms with van der Waals surface area (Å²) in [5.74, 6) is 1.04. The molecule has 0 bridgehead atoms. The molecule has 2 spiro atoms. The van der Waals surface area contributed by atoms with Gasteiger partial charge in [0, 0.05) is 34.2 Å². The van der Waals surface area contributed by atoms with E-state index in [2.05, 4.69) is 42.3 Å². The fourth-order valence-corrected chi connectivity index (χ4v) is 11.8. The van der Waals surface area contributed by atoms with Crippen molar-refractivity contribution >= 4 is 29.0 Å². The number of rotatable bonds is 1. The predicted octanol–water partition coefficient (Wildman–Crippen LogP) is 6.71. The first-order valence-corrected chi connectivity index (χ1v) is 16.3. The number of hydrogen-bond acceptors (Lipinski definition) is 4. The van der Waals surface area contributed by atoms with Crippen molar-refractivity contribution in [3.63, 3.8) is 0 Å². The van der Waals surface area contributed by atoms with E-state index in [0.29, 0.717) is 29.8 Å². The molecule has 42 heavy (non-hydrogen) atoms. The topological polar surface area (TPSA) is 69.6 Å². The summed E-state index contributed by atoms with van der Waals surface area (Å²) in [6, 6.07) is 16.0. The van der Waals surface area contributed by atoms with Gasteiger partial charge in [-0.25, -0.2) is 0 Å². The quantitative estimate of drug-likeness (QED) is 0.366. The fourth-order valence-electron chi connectivity index (χ4n) is 11.5.